The predicted molar refractivity (Wildman–Crippen MR) is 91.1 cm³/mol. The first kappa shape index (κ1) is 17.2. The van der Waals surface area contributed by atoms with Crippen LogP contribution < -0.4 is 5.32 Å². The van der Waals surface area contributed by atoms with Crippen LogP contribution in [0.15, 0.2) is 6.58 Å². The van der Waals surface area contributed by atoms with Crippen LogP contribution in [0, 0.1) is 13.8 Å². The van der Waals surface area contributed by atoms with Gasteiger partial charge in [-0.2, -0.15) is 0 Å². The zero-order chi connectivity index (χ0) is 16.8. The molecule has 1 saturated heterocycles. The molecule has 0 aliphatic carbocycles. The fourth-order valence-electron chi connectivity index (χ4n) is 2.58. The van der Waals surface area contributed by atoms with E-state index in [4.69, 9.17) is 4.74 Å². The van der Waals surface area contributed by atoms with Gasteiger partial charge in [-0.1, -0.05) is 6.58 Å². The molecule has 23 heavy (non-hydrogen) atoms. The van der Waals surface area contributed by atoms with Gasteiger partial charge in [-0.05, 0) is 33.6 Å². The van der Waals surface area contributed by atoms with Crippen molar-refractivity contribution in [3.63, 3.8) is 0 Å². The molecule has 1 amide bonds. The number of anilines is 1. The Kier molecular flexibility index (Phi) is 5.96. The van der Waals surface area contributed by atoms with Gasteiger partial charge in [0, 0.05) is 37.3 Å². The average Bonchev–Trinajstić information content (AvgIpc) is 2.93. The van der Waals surface area contributed by atoms with Gasteiger partial charge in [0.2, 0.25) is 5.91 Å². The van der Waals surface area contributed by atoms with E-state index in [2.05, 4.69) is 21.9 Å². The minimum atomic E-state index is 0.273. The SMILES string of the molecule is C=C(OCC)c1nc(C)c(C)c(NCCCN2CCCC2=O)n1. The highest BCUT2D eigenvalue weighted by molar-refractivity contribution is 5.78. The van der Waals surface area contributed by atoms with Gasteiger partial charge in [-0.15, -0.1) is 0 Å². The lowest BCUT2D eigenvalue weighted by Crippen LogP contribution is -2.27. The van der Waals surface area contributed by atoms with E-state index in [0.717, 1.165) is 49.6 Å². The number of aromatic nitrogens is 2. The van der Waals surface area contributed by atoms with Crippen LogP contribution in [0.3, 0.4) is 0 Å². The van der Waals surface area contributed by atoms with Crippen molar-refractivity contribution in [2.75, 3.05) is 31.6 Å². The highest BCUT2D eigenvalue weighted by Crippen LogP contribution is 2.19. The Bertz CT molecular complexity index is 586. The zero-order valence-corrected chi connectivity index (χ0v) is 14.3. The fraction of sp³-hybridized carbons (Fsp3) is 0.588. The van der Waals surface area contributed by atoms with Crippen LogP contribution in [0.5, 0.6) is 0 Å². The Morgan fingerprint density at radius 2 is 2.17 bits per heavy atom. The number of carbonyl (C=O) groups excluding carboxylic acids is 1. The molecule has 1 aliphatic rings. The van der Waals surface area contributed by atoms with Crippen LogP contribution >= 0.6 is 0 Å². The summed E-state index contributed by atoms with van der Waals surface area (Å²) in [4.78, 5) is 22.4. The molecule has 1 aromatic rings. The Balaban J connectivity index is 1.93. The second-order valence-electron chi connectivity index (χ2n) is 5.73. The van der Waals surface area contributed by atoms with Crippen molar-refractivity contribution >= 4 is 17.5 Å². The predicted octanol–water partition coefficient (Wildman–Crippen LogP) is 2.53. The first-order valence-electron chi connectivity index (χ1n) is 8.22. The van der Waals surface area contributed by atoms with E-state index in [1.807, 2.05) is 25.7 Å². The van der Waals surface area contributed by atoms with Crippen molar-refractivity contribution in [1.82, 2.24) is 14.9 Å². The summed E-state index contributed by atoms with van der Waals surface area (Å²) in [5.74, 6) is 2.09. The number of hydrogen-bond acceptors (Lipinski definition) is 5. The van der Waals surface area contributed by atoms with E-state index in [0.29, 0.717) is 24.6 Å². The summed E-state index contributed by atoms with van der Waals surface area (Å²) in [6.07, 6.45) is 2.58. The van der Waals surface area contributed by atoms with E-state index >= 15 is 0 Å². The standard InChI is InChI=1S/C17H26N4O2/c1-5-23-14(4)17-19-13(3)12(2)16(20-17)18-9-7-11-21-10-6-8-15(21)22/h4-11H2,1-3H3,(H,18,19,20). The quantitative estimate of drug-likeness (QED) is 0.589. The van der Waals surface area contributed by atoms with Gasteiger partial charge in [-0.25, -0.2) is 9.97 Å². The van der Waals surface area contributed by atoms with Gasteiger partial charge in [0.25, 0.3) is 0 Å². The van der Waals surface area contributed by atoms with Crippen LogP contribution in [0.25, 0.3) is 5.76 Å². The lowest BCUT2D eigenvalue weighted by molar-refractivity contribution is -0.127. The third-order valence-electron chi connectivity index (χ3n) is 4.03. The molecular formula is C17H26N4O2. The molecule has 0 radical (unpaired) electrons. The van der Waals surface area contributed by atoms with Crippen LogP contribution in [0.2, 0.25) is 0 Å². The van der Waals surface area contributed by atoms with Crippen LogP contribution in [0.4, 0.5) is 5.82 Å². The maximum absolute atomic E-state index is 11.6. The molecule has 1 N–H and O–H groups in total. The van der Waals surface area contributed by atoms with Crippen LogP contribution in [-0.2, 0) is 9.53 Å². The van der Waals surface area contributed by atoms with E-state index in [9.17, 15) is 4.79 Å². The van der Waals surface area contributed by atoms with Gasteiger partial charge in [0.15, 0.2) is 11.6 Å². The molecule has 2 heterocycles. The summed E-state index contributed by atoms with van der Waals surface area (Å²) < 4.78 is 5.39. The second-order valence-corrected chi connectivity index (χ2v) is 5.73. The molecule has 126 valence electrons. The van der Waals surface area contributed by atoms with E-state index < -0.39 is 0 Å². The summed E-state index contributed by atoms with van der Waals surface area (Å²) in [5, 5.41) is 3.34. The molecule has 0 aromatic carbocycles. The molecule has 0 bridgehead atoms. The van der Waals surface area contributed by atoms with Crippen LogP contribution in [0.1, 0.15) is 43.3 Å². The number of aryl methyl sites for hydroxylation is 1. The minimum absolute atomic E-state index is 0.273. The van der Waals surface area contributed by atoms with Gasteiger partial charge < -0.3 is 15.0 Å². The zero-order valence-electron chi connectivity index (χ0n) is 14.3. The Morgan fingerprint density at radius 3 is 2.83 bits per heavy atom. The summed E-state index contributed by atoms with van der Waals surface area (Å²) in [6.45, 7) is 12.7. The molecule has 0 spiro atoms. The molecular weight excluding hydrogens is 292 g/mol. The molecule has 0 unspecified atom stereocenters. The van der Waals surface area contributed by atoms with Gasteiger partial charge in [0.1, 0.15) is 5.82 Å². The molecule has 1 aromatic heterocycles. The van der Waals surface area contributed by atoms with E-state index in [-0.39, 0.29) is 5.91 Å². The van der Waals surface area contributed by atoms with Gasteiger partial charge in [0.05, 0.1) is 6.61 Å². The normalized spacial score (nSPS) is 14.2. The summed E-state index contributed by atoms with van der Waals surface area (Å²) in [6, 6.07) is 0. The van der Waals surface area contributed by atoms with Crippen molar-refractivity contribution in [2.45, 2.75) is 40.0 Å². The number of amides is 1. The van der Waals surface area contributed by atoms with Gasteiger partial charge >= 0.3 is 0 Å². The van der Waals surface area contributed by atoms with E-state index in [1.165, 1.54) is 0 Å². The molecule has 1 aliphatic heterocycles. The number of likely N-dealkylation sites (tertiary alicyclic amines) is 1. The van der Waals surface area contributed by atoms with Crippen molar-refractivity contribution in [1.29, 1.82) is 0 Å². The molecule has 6 nitrogen and oxygen atoms in total. The highest BCUT2D eigenvalue weighted by Gasteiger charge is 2.19. The number of nitrogens with one attached hydrogen (secondary N) is 1. The lowest BCUT2D eigenvalue weighted by atomic mass is 10.2. The first-order chi connectivity index (χ1) is 11.0. The average molecular weight is 318 g/mol. The summed E-state index contributed by atoms with van der Waals surface area (Å²) in [7, 11) is 0. The fourth-order valence-corrected chi connectivity index (χ4v) is 2.58. The van der Waals surface area contributed by atoms with Crippen molar-refractivity contribution in [2.24, 2.45) is 0 Å². The number of nitrogens with zero attached hydrogens (tertiary/aromatic N) is 3. The van der Waals surface area contributed by atoms with Crippen molar-refractivity contribution < 1.29 is 9.53 Å². The molecule has 0 atom stereocenters. The Labute approximate surface area is 138 Å². The number of ether oxygens (including phenoxy) is 1. The van der Waals surface area contributed by atoms with Crippen molar-refractivity contribution in [3.05, 3.63) is 23.7 Å². The summed E-state index contributed by atoms with van der Waals surface area (Å²) >= 11 is 0. The Morgan fingerprint density at radius 1 is 1.39 bits per heavy atom. The third-order valence-corrected chi connectivity index (χ3v) is 4.03. The topological polar surface area (TPSA) is 67.3 Å². The number of carbonyl (C=O) groups is 1. The van der Waals surface area contributed by atoms with Crippen molar-refractivity contribution in [3.8, 4) is 0 Å². The molecule has 6 heteroatoms. The van der Waals surface area contributed by atoms with Gasteiger partial charge in [-0.3, -0.25) is 4.79 Å². The molecule has 2 rings (SSSR count). The first-order valence-corrected chi connectivity index (χ1v) is 8.22. The maximum Gasteiger partial charge on any atom is 0.222 e. The highest BCUT2D eigenvalue weighted by atomic mass is 16.5. The third kappa shape index (κ3) is 4.43. The monoisotopic (exact) mass is 318 g/mol. The van der Waals surface area contributed by atoms with E-state index in [1.54, 1.807) is 0 Å². The number of rotatable bonds is 8. The second kappa shape index (κ2) is 7.94. The molecule has 0 saturated carbocycles. The Hall–Kier alpha value is -2.11. The van der Waals surface area contributed by atoms with Crippen LogP contribution in [-0.4, -0.2) is 47.0 Å². The number of hydrogen-bond donors (Lipinski definition) is 1. The lowest BCUT2D eigenvalue weighted by Gasteiger charge is -2.16. The minimum Gasteiger partial charge on any atom is -0.491 e. The smallest absolute Gasteiger partial charge is 0.222 e. The maximum atomic E-state index is 11.6. The largest absolute Gasteiger partial charge is 0.491 e. The molecule has 1 fully saturated rings. The summed E-state index contributed by atoms with van der Waals surface area (Å²) in [5.41, 5.74) is 1.93.